The zero-order valence-electron chi connectivity index (χ0n) is 13.9. The van der Waals surface area contributed by atoms with Crippen LogP contribution in [0.3, 0.4) is 0 Å². The summed E-state index contributed by atoms with van der Waals surface area (Å²) in [4.78, 5) is 4.20. The topological polar surface area (TPSA) is 54.9 Å². The van der Waals surface area contributed by atoms with Gasteiger partial charge in [-0.3, -0.25) is 4.99 Å². The Balaban J connectivity index is 2.48. The first-order chi connectivity index (χ1) is 9.84. The number of ether oxygens (including phenoxy) is 2. The minimum atomic E-state index is -0.0290. The van der Waals surface area contributed by atoms with Crippen molar-refractivity contribution in [1.29, 1.82) is 0 Å². The van der Waals surface area contributed by atoms with Crippen molar-refractivity contribution in [2.24, 2.45) is 4.99 Å². The van der Waals surface area contributed by atoms with Gasteiger partial charge in [-0.15, -0.1) is 0 Å². The van der Waals surface area contributed by atoms with Gasteiger partial charge in [0.2, 0.25) is 0 Å². The van der Waals surface area contributed by atoms with Crippen molar-refractivity contribution < 1.29 is 9.47 Å². The lowest BCUT2D eigenvalue weighted by molar-refractivity contribution is 0.222. The normalized spacial score (nSPS) is 13.5. The van der Waals surface area contributed by atoms with Gasteiger partial charge in [-0.05, 0) is 39.8 Å². The lowest BCUT2D eigenvalue weighted by Crippen LogP contribution is -2.49. The van der Waals surface area contributed by atoms with Crippen LogP contribution in [0.25, 0.3) is 0 Å². The molecule has 1 aromatic carbocycles. The molecule has 5 heteroatoms. The molecule has 0 spiro atoms. The van der Waals surface area contributed by atoms with Crippen LogP contribution < -0.4 is 20.1 Å². The summed E-state index contributed by atoms with van der Waals surface area (Å²) in [5.41, 5.74) is -0.0290. The number of rotatable bonds is 5. The van der Waals surface area contributed by atoms with E-state index in [1.165, 1.54) is 0 Å². The van der Waals surface area contributed by atoms with Gasteiger partial charge in [-0.1, -0.05) is 6.07 Å². The van der Waals surface area contributed by atoms with Crippen LogP contribution in [-0.2, 0) is 0 Å². The van der Waals surface area contributed by atoms with Crippen molar-refractivity contribution in [3.05, 3.63) is 24.3 Å². The van der Waals surface area contributed by atoms with E-state index in [-0.39, 0.29) is 11.6 Å². The Hall–Kier alpha value is -1.91. The van der Waals surface area contributed by atoms with Crippen LogP contribution in [0.1, 0.15) is 27.7 Å². The quantitative estimate of drug-likeness (QED) is 0.647. The van der Waals surface area contributed by atoms with Crippen molar-refractivity contribution in [3.8, 4) is 11.5 Å². The molecular weight excluding hydrogens is 266 g/mol. The van der Waals surface area contributed by atoms with Gasteiger partial charge in [-0.2, -0.15) is 0 Å². The van der Waals surface area contributed by atoms with Crippen molar-refractivity contribution in [2.45, 2.75) is 39.3 Å². The lowest BCUT2D eigenvalue weighted by atomic mass is 10.1. The molecule has 2 N–H and O–H groups in total. The highest BCUT2D eigenvalue weighted by Crippen LogP contribution is 2.19. The third-order valence-electron chi connectivity index (χ3n) is 2.65. The minimum Gasteiger partial charge on any atom is -0.497 e. The predicted molar refractivity (Wildman–Crippen MR) is 87.3 cm³/mol. The number of aliphatic imine (C=N–C) groups is 1. The summed E-state index contributed by atoms with van der Waals surface area (Å²) in [7, 11) is 3.40. The summed E-state index contributed by atoms with van der Waals surface area (Å²) in [5, 5.41) is 6.56. The number of hydrogen-bond donors (Lipinski definition) is 2. The Labute approximate surface area is 127 Å². The number of nitrogens with zero attached hydrogens (tertiary/aromatic N) is 1. The highest BCUT2D eigenvalue weighted by atomic mass is 16.5. The summed E-state index contributed by atoms with van der Waals surface area (Å²) in [6, 6.07) is 7.60. The molecule has 0 heterocycles. The highest BCUT2D eigenvalue weighted by Gasteiger charge is 2.13. The number of guanidine groups is 1. The average Bonchev–Trinajstić information content (AvgIpc) is 2.42. The molecular formula is C16H27N3O2. The van der Waals surface area contributed by atoms with E-state index in [4.69, 9.17) is 9.47 Å². The first-order valence-corrected chi connectivity index (χ1v) is 7.13. The van der Waals surface area contributed by atoms with Gasteiger partial charge < -0.3 is 20.1 Å². The highest BCUT2D eigenvalue weighted by molar-refractivity contribution is 5.80. The zero-order chi connectivity index (χ0) is 15.9. The van der Waals surface area contributed by atoms with Gasteiger partial charge in [0, 0.05) is 18.7 Å². The molecule has 0 aromatic heterocycles. The largest absolute Gasteiger partial charge is 0.497 e. The van der Waals surface area contributed by atoms with Gasteiger partial charge in [0.25, 0.3) is 0 Å². The van der Waals surface area contributed by atoms with Crippen molar-refractivity contribution in [1.82, 2.24) is 10.6 Å². The molecule has 0 fully saturated rings. The Bertz CT molecular complexity index is 467. The van der Waals surface area contributed by atoms with E-state index >= 15 is 0 Å². The Morgan fingerprint density at radius 1 is 1.29 bits per heavy atom. The summed E-state index contributed by atoms with van der Waals surface area (Å²) in [6.45, 7) is 8.95. The van der Waals surface area contributed by atoms with Gasteiger partial charge in [0.15, 0.2) is 5.96 Å². The molecule has 0 amide bonds. The fourth-order valence-corrected chi connectivity index (χ4v) is 1.72. The van der Waals surface area contributed by atoms with E-state index in [9.17, 15) is 0 Å². The Morgan fingerprint density at radius 2 is 1.95 bits per heavy atom. The second-order valence-corrected chi connectivity index (χ2v) is 5.94. The molecule has 1 rings (SSSR count). The summed E-state index contributed by atoms with van der Waals surface area (Å²) in [6.07, 6.45) is 0.00984. The fraction of sp³-hybridized carbons (Fsp3) is 0.562. The first-order valence-electron chi connectivity index (χ1n) is 7.13. The number of benzene rings is 1. The SMILES string of the molecule is CN=C(NCC(C)Oc1cccc(OC)c1)NC(C)(C)C. The molecule has 0 saturated carbocycles. The maximum Gasteiger partial charge on any atom is 0.191 e. The van der Waals surface area contributed by atoms with E-state index in [1.54, 1.807) is 14.2 Å². The van der Waals surface area contributed by atoms with Crippen LogP contribution in [0.2, 0.25) is 0 Å². The van der Waals surface area contributed by atoms with Crippen molar-refractivity contribution in [3.63, 3.8) is 0 Å². The fourth-order valence-electron chi connectivity index (χ4n) is 1.72. The van der Waals surface area contributed by atoms with E-state index in [0.717, 1.165) is 17.5 Å². The lowest BCUT2D eigenvalue weighted by Gasteiger charge is -2.25. The number of hydrogen-bond acceptors (Lipinski definition) is 3. The van der Waals surface area contributed by atoms with Crippen LogP contribution in [-0.4, -0.2) is 38.3 Å². The smallest absolute Gasteiger partial charge is 0.191 e. The van der Waals surface area contributed by atoms with Crippen LogP contribution in [0.4, 0.5) is 0 Å². The second kappa shape index (κ2) is 7.76. The average molecular weight is 293 g/mol. The maximum atomic E-state index is 5.86. The van der Waals surface area contributed by atoms with Crippen LogP contribution in [0.5, 0.6) is 11.5 Å². The molecule has 0 saturated heterocycles. The first kappa shape index (κ1) is 17.1. The standard InChI is InChI=1S/C16H27N3O2/c1-12(11-18-15(17-5)19-16(2,3)4)21-14-9-7-8-13(10-14)20-6/h7-10,12H,11H2,1-6H3,(H2,17,18,19). The summed E-state index contributed by atoms with van der Waals surface area (Å²) in [5.74, 6) is 2.35. The Kier molecular flexibility index (Phi) is 6.34. The van der Waals surface area contributed by atoms with E-state index in [1.807, 2.05) is 31.2 Å². The monoisotopic (exact) mass is 293 g/mol. The third kappa shape index (κ3) is 6.88. The second-order valence-electron chi connectivity index (χ2n) is 5.94. The summed E-state index contributed by atoms with van der Waals surface area (Å²) < 4.78 is 11.0. The molecule has 21 heavy (non-hydrogen) atoms. The number of nitrogens with one attached hydrogen (secondary N) is 2. The van der Waals surface area contributed by atoms with E-state index in [0.29, 0.717) is 6.54 Å². The zero-order valence-corrected chi connectivity index (χ0v) is 13.9. The summed E-state index contributed by atoms with van der Waals surface area (Å²) >= 11 is 0. The van der Waals surface area contributed by atoms with Crippen molar-refractivity contribution in [2.75, 3.05) is 20.7 Å². The van der Waals surface area contributed by atoms with Gasteiger partial charge >= 0.3 is 0 Å². The molecule has 0 aliphatic heterocycles. The molecule has 0 bridgehead atoms. The molecule has 0 radical (unpaired) electrons. The Morgan fingerprint density at radius 3 is 2.52 bits per heavy atom. The van der Waals surface area contributed by atoms with E-state index in [2.05, 4.69) is 36.4 Å². The van der Waals surface area contributed by atoms with Gasteiger partial charge in [-0.25, -0.2) is 0 Å². The maximum absolute atomic E-state index is 5.86. The number of methoxy groups -OCH3 is 1. The van der Waals surface area contributed by atoms with Gasteiger partial charge in [0.1, 0.15) is 17.6 Å². The molecule has 118 valence electrons. The molecule has 1 unspecified atom stereocenters. The molecule has 1 aromatic rings. The minimum absolute atomic E-state index is 0.00984. The van der Waals surface area contributed by atoms with E-state index < -0.39 is 0 Å². The van der Waals surface area contributed by atoms with Crippen molar-refractivity contribution >= 4 is 5.96 Å². The molecule has 0 aliphatic rings. The van der Waals surface area contributed by atoms with Crippen LogP contribution >= 0.6 is 0 Å². The van der Waals surface area contributed by atoms with Crippen LogP contribution in [0.15, 0.2) is 29.3 Å². The molecule has 1 atom stereocenters. The molecule has 5 nitrogen and oxygen atoms in total. The van der Waals surface area contributed by atoms with Gasteiger partial charge in [0.05, 0.1) is 13.7 Å². The van der Waals surface area contributed by atoms with Crippen LogP contribution in [0, 0.1) is 0 Å². The molecule has 0 aliphatic carbocycles. The predicted octanol–water partition coefficient (Wildman–Crippen LogP) is 2.43. The third-order valence-corrected chi connectivity index (χ3v) is 2.65.